The quantitative estimate of drug-likeness (QED) is 0.839. The number of rotatable bonds is 5. The number of thioether (sulfide) groups is 2. The van der Waals surface area contributed by atoms with Crippen molar-refractivity contribution in [3.05, 3.63) is 0 Å². The molecule has 0 bridgehead atoms. The zero-order valence-electron chi connectivity index (χ0n) is 11.9. The van der Waals surface area contributed by atoms with Gasteiger partial charge in [-0.1, -0.05) is 13.8 Å². The maximum absolute atomic E-state index is 5.73. The molecule has 2 nitrogen and oxygen atoms in total. The molecule has 106 valence electrons. The van der Waals surface area contributed by atoms with E-state index in [1.165, 1.54) is 31.4 Å². The molecule has 1 N–H and O–H groups in total. The van der Waals surface area contributed by atoms with Gasteiger partial charge in [0.25, 0.3) is 0 Å². The predicted molar refractivity (Wildman–Crippen MR) is 83.8 cm³/mol. The number of nitrogens with one attached hydrogen (secondary N) is 1. The van der Waals surface area contributed by atoms with E-state index in [9.17, 15) is 0 Å². The lowest BCUT2D eigenvalue weighted by Gasteiger charge is -2.36. The molecule has 0 amide bonds. The van der Waals surface area contributed by atoms with Gasteiger partial charge in [0.2, 0.25) is 0 Å². The Bertz CT molecular complexity index is 246. The molecule has 5 atom stereocenters. The Kier molecular flexibility index (Phi) is 6.19. The van der Waals surface area contributed by atoms with E-state index in [4.69, 9.17) is 4.74 Å². The molecule has 2 rings (SSSR count). The fourth-order valence-electron chi connectivity index (χ4n) is 2.77. The molecular formula is C14H27NOS2. The van der Waals surface area contributed by atoms with Crippen LogP contribution in [-0.4, -0.2) is 47.3 Å². The van der Waals surface area contributed by atoms with Crippen LogP contribution < -0.4 is 5.32 Å². The second-order valence-electron chi connectivity index (χ2n) is 5.53. The fraction of sp³-hybridized carbons (Fsp3) is 1.00. The molecule has 0 spiro atoms. The average Bonchev–Trinajstić information content (AvgIpc) is 2.87. The first kappa shape index (κ1) is 15.0. The van der Waals surface area contributed by atoms with Crippen molar-refractivity contribution in [1.29, 1.82) is 0 Å². The van der Waals surface area contributed by atoms with Gasteiger partial charge in [-0.15, -0.1) is 0 Å². The van der Waals surface area contributed by atoms with Gasteiger partial charge in [-0.2, -0.15) is 23.5 Å². The zero-order chi connectivity index (χ0) is 13.0. The van der Waals surface area contributed by atoms with Crippen molar-refractivity contribution >= 4 is 23.5 Å². The first-order valence-electron chi connectivity index (χ1n) is 7.26. The molecule has 5 unspecified atom stereocenters. The first-order valence-corrected chi connectivity index (χ1v) is 9.25. The van der Waals surface area contributed by atoms with Gasteiger partial charge in [-0.25, -0.2) is 0 Å². The van der Waals surface area contributed by atoms with Gasteiger partial charge in [0, 0.05) is 34.2 Å². The molecule has 2 fully saturated rings. The molecule has 4 heteroatoms. The molecule has 0 radical (unpaired) electrons. The Morgan fingerprint density at radius 3 is 2.78 bits per heavy atom. The monoisotopic (exact) mass is 289 g/mol. The minimum Gasteiger partial charge on any atom is -0.378 e. The molecule has 0 aromatic heterocycles. The molecule has 0 aromatic rings. The molecule has 0 aromatic carbocycles. The van der Waals surface area contributed by atoms with Crippen molar-refractivity contribution in [2.24, 2.45) is 0 Å². The van der Waals surface area contributed by atoms with Crippen LogP contribution >= 0.6 is 23.5 Å². The summed E-state index contributed by atoms with van der Waals surface area (Å²) in [5.41, 5.74) is 0. The van der Waals surface area contributed by atoms with E-state index < -0.39 is 0 Å². The smallest absolute Gasteiger partial charge is 0.0576 e. The topological polar surface area (TPSA) is 21.3 Å². The summed E-state index contributed by atoms with van der Waals surface area (Å²) in [6, 6.07) is 0.654. The lowest BCUT2D eigenvalue weighted by atomic mass is 10.0. The minimum atomic E-state index is 0.540. The Labute approximate surface area is 120 Å². The van der Waals surface area contributed by atoms with E-state index in [1.54, 1.807) is 0 Å². The van der Waals surface area contributed by atoms with E-state index >= 15 is 0 Å². The number of ether oxygens (including phenoxy) is 1. The van der Waals surface area contributed by atoms with Crippen molar-refractivity contribution in [3.63, 3.8) is 0 Å². The maximum atomic E-state index is 5.73. The summed E-state index contributed by atoms with van der Waals surface area (Å²) in [7, 11) is 2.12. The highest BCUT2D eigenvalue weighted by atomic mass is 32.2. The summed E-state index contributed by atoms with van der Waals surface area (Å²) in [5.74, 6) is 1.30. The van der Waals surface area contributed by atoms with Crippen LogP contribution in [-0.2, 0) is 4.74 Å². The second-order valence-corrected chi connectivity index (χ2v) is 8.56. The molecule has 2 aliphatic heterocycles. The average molecular weight is 290 g/mol. The normalized spacial score (nSPS) is 38.8. The van der Waals surface area contributed by atoms with Gasteiger partial charge >= 0.3 is 0 Å². The summed E-state index contributed by atoms with van der Waals surface area (Å²) in [5, 5.41) is 5.90. The van der Waals surface area contributed by atoms with Gasteiger partial charge in [-0.05, 0) is 32.7 Å². The number of hydrogen-bond donors (Lipinski definition) is 1. The van der Waals surface area contributed by atoms with Crippen LogP contribution in [0.15, 0.2) is 0 Å². The lowest BCUT2D eigenvalue weighted by Crippen LogP contribution is -2.42. The highest BCUT2D eigenvalue weighted by Crippen LogP contribution is 2.38. The largest absolute Gasteiger partial charge is 0.378 e. The number of hydrogen-bond acceptors (Lipinski definition) is 4. The van der Waals surface area contributed by atoms with Crippen molar-refractivity contribution in [3.8, 4) is 0 Å². The van der Waals surface area contributed by atoms with Gasteiger partial charge in [0.05, 0.1) is 6.10 Å². The highest BCUT2D eigenvalue weighted by molar-refractivity contribution is 8.07. The predicted octanol–water partition coefficient (Wildman–Crippen LogP) is 3.16. The molecular weight excluding hydrogens is 262 g/mol. The van der Waals surface area contributed by atoms with E-state index in [0.717, 1.165) is 22.4 Å². The molecule has 18 heavy (non-hydrogen) atoms. The van der Waals surface area contributed by atoms with Crippen molar-refractivity contribution in [2.75, 3.05) is 19.4 Å². The molecule has 0 saturated carbocycles. The van der Waals surface area contributed by atoms with Crippen molar-refractivity contribution < 1.29 is 4.74 Å². The summed E-state index contributed by atoms with van der Waals surface area (Å²) in [6.45, 7) is 5.72. The van der Waals surface area contributed by atoms with Crippen LogP contribution in [0, 0.1) is 0 Å². The van der Waals surface area contributed by atoms with Crippen LogP contribution in [0.5, 0.6) is 0 Å². The summed E-state index contributed by atoms with van der Waals surface area (Å²) in [6.07, 6.45) is 5.57. The summed E-state index contributed by atoms with van der Waals surface area (Å²) in [4.78, 5) is 0. The first-order chi connectivity index (χ1) is 8.70. The fourth-order valence-corrected chi connectivity index (χ4v) is 5.98. The van der Waals surface area contributed by atoms with Gasteiger partial charge in [0.15, 0.2) is 0 Å². The standard InChI is InChI=1S/C14H27NOS2/c1-10-11(2)18-14(9-17-10)13(15-3)7-6-12-5-4-8-16-12/h10-15H,4-9H2,1-3H3. The van der Waals surface area contributed by atoms with E-state index in [1.807, 2.05) is 0 Å². The highest BCUT2D eigenvalue weighted by Gasteiger charge is 2.31. The van der Waals surface area contributed by atoms with Crippen molar-refractivity contribution in [1.82, 2.24) is 5.32 Å². The lowest BCUT2D eigenvalue weighted by molar-refractivity contribution is 0.0999. The Hall–Kier alpha value is 0.620. The van der Waals surface area contributed by atoms with Crippen molar-refractivity contribution in [2.45, 2.75) is 67.4 Å². The third kappa shape index (κ3) is 4.06. The van der Waals surface area contributed by atoms with E-state index in [2.05, 4.69) is 49.7 Å². The van der Waals surface area contributed by atoms with Gasteiger partial charge in [-0.3, -0.25) is 0 Å². The minimum absolute atomic E-state index is 0.540. The molecule has 2 aliphatic rings. The molecule has 2 saturated heterocycles. The van der Waals surface area contributed by atoms with Crippen LogP contribution in [0.25, 0.3) is 0 Å². The maximum Gasteiger partial charge on any atom is 0.0576 e. The van der Waals surface area contributed by atoms with Gasteiger partial charge < -0.3 is 10.1 Å². The van der Waals surface area contributed by atoms with Crippen LogP contribution in [0.4, 0.5) is 0 Å². The Morgan fingerprint density at radius 1 is 1.33 bits per heavy atom. The molecule has 2 heterocycles. The van der Waals surface area contributed by atoms with E-state index in [-0.39, 0.29) is 0 Å². The third-order valence-electron chi connectivity index (χ3n) is 4.22. The third-order valence-corrected chi connectivity index (χ3v) is 7.77. The second kappa shape index (κ2) is 7.41. The van der Waals surface area contributed by atoms with E-state index in [0.29, 0.717) is 12.1 Å². The van der Waals surface area contributed by atoms with Crippen LogP contribution in [0.1, 0.15) is 39.5 Å². The van der Waals surface area contributed by atoms with Crippen LogP contribution in [0.2, 0.25) is 0 Å². The van der Waals surface area contributed by atoms with Crippen LogP contribution in [0.3, 0.4) is 0 Å². The SMILES string of the molecule is CNC(CCC1CCCO1)C1CSC(C)C(C)S1. The summed E-state index contributed by atoms with van der Waals surface area (Å²) >= 11 is 4.33. The summed E-state index contributed by atoms with van der Waals surface area (Å²) < 4.78 is 5.73. The van der Waals surface area contributed by atoms with Gasteiger partial charge in [0.1, 0.15) is 0 Å². The zero-order valence-corrected chi connectivity index (χ0v) is 13.5. The molecule has 0 aliphatic carbocycles. The Morgan fingerprint density at radius 2 is 2.17 bits per heavy atom. The Balaban J connectivity index is 1.76.